The zero-order valence-corrected chi connectivity index (χ0v) is 10.4. The Hall–Kier alpha value is -2.32. The van der Waals surface area contributed by atoms with E-state index in [0.29, 0.717) is 12.1 Å². The third kappa shape index (κ3) is 2.91. The lowest BCUT2D eigenvalue weighted by molar-refractivity contribution is -0.141. The van der Waals surface area contributed by atoms with Gasteiger partial charge in [-0.3, -0.25) is 0 Å². The Morgan fingerprint density at radius 3 is 2.24 bits per heavy atom. The molecule has 2 aromatic rings. The normalized spacial score (nSPS) is 11.6. The molecule has 0 fully saturated rings. The minimum absolute atomic E-state index is 0.427. The molecule has 0 spiro atoms. The van der Waals surface area contributed by atoms with E-state index in [4.69, 9.17) is 0 Å². The van der Waals surface area contributed by atoms with Gasteiger partial charge in [0.2, 0.25) is 5.95 Å². The van der Waals surface area contributed by atoms with Crippen molar-refractivity contribution in [1.29, 1.82) is 0 Å². The fourth-order valence-corrected chi connectivity index (χ4v) is 1.57. The van der Waals surface area contributed by atoms with Gasteiger partial charge in [0.25, 0.3) is 0 Å². The fourth-order valence-electron chi connectivity index (χ4n) is 1.57. The van der Waals surface area contributed by atoms with Crippen LogP contribution in [0.2, 0.25) is 0 Å². The van der Waals surface area contributed by atoms with E-state index < -0.39 is 46.5 Å². The number of benzene rings is 1. The highest BCUT2D eigenvalue weighted by Crippen LogP contribution is 2.32. The van der Waals surface area contributed by atoms with Gasteiger partial charge >= 0.3 is 6.18 Å². The molecule has 0 aliphatic heterocycles. The monoisotopic (exact) mass is 307 g/mol. The van der Waals surface area contributed by atoms with Gasteiger partial charge in [-0.15, -0.1) is 0 Å². The molecule has 1 aromatic heterocycles. The van der Waals surface area contributed by atoms with Crippen LogP contribution in [0.4, 0.5) is 32.3 Å². The van der Waals surface area contributed by atoms with Gasteiger partial charge in [0.05, 0.1) is 5.69 Å². The van der Waals surface area contributed by atoms with Crippen LogP contribution < -0.4 is 5.32 Å². The van der Waals surface area contributed by atoms with E-state index >= 15 is 0 Å². The third-order valence-electron chi connectivity index (χ3n) is 2.55. The average molecular weight is 307 g/mol. The molecule has 1 aromatic carbocycles. The van der Waals surface area contributed by atoms with Crippen molar-refractivity contribution in [3.63, 3.8) is 0 Å². The molecule has 0 aliphatic carbocycles. The van der Waals surface area contributed by atoms with Crippen molar-refractivity contribution >= 4 is 5.95 Å². The molecule has 3 nitrogen and oxygen atoms in total. The number of nitrogens with one attached hydrogen (secondary N) is 1. The van der Waals surface area contributed by atoms with Crippen molar-refractivity contribution < 1.29 is 26.3 Å². The minimum atomic E-state index is -4.79. The Kier molecular flexibility index (Phi) is 3.75. The van der Waals surface area contributed by atoms with E-state index in [-0.39, 0.29) is 0 Å². The highest BCUT2D eigenvalue weighted by Gasteiger charge is 2.34. The Balaban J connectivity index is 2.67. The molecule has 0 bridgehead atoms. The average Bonchev–Trinajstić information content (AvgIpc) is 2.43. The molecule has 1 N–H and O–H groups in total. The third-order valence-corrected chi connectivity index (χ3v) is 2.55. The van der Waals surface area contributed by atoms with E-state index in [1.807, 2.05) is 0 Å². The van der Waals surface area contributed by atoms with Crippen LogP contribution in [-0.4, -0.2) is 17.0 Å². The van der Waals surface area contributed by atoms with Crippen molar-refractivity contribution in [3.8, 4) is 11.3 Å². The van der Waals surface area contributed by atoms with Crippen LogP contribution in [0.15, 0.2) is 18.2 Å². The first-order valence-electron chi connectivity index (χ1n) is 5.52. The predicted molar refractivity (Wildman–Crippen MR) is 61.9 cm³/mol. The van der Waals surface area contributed by atoms with Gasteiger partial charge < -0.3 is 5.32 Å². The highest BCUT2D eigenvalue weighted by atomic mass is 19.4. The van der Waals surface area contributed by atoms with Crippen LogP contribution >= 0.6 is 0 Å². The first-order valence-corrected chi connectivity index (χ1v) is 5.52. The Morgan fingerprint density at radius 1 is 1.00 bits per heavy atom. The molecule has 112 valence electrons. The molecule has 9 heteroatoms. The molecule has 1 heterocycles. The predicted octanol–water partition coefficient (Wildman–Crippen LogP) is 3.62. The van der Waals surface area contributed by atoms with Gasteiger partial charge in [-0.1, -0.05) is 0 Å². The first kappa shape index (κ1) is 15.1. The summed E-state index contributed by atoms with van der Waals surface area (Å²) in [7, 11) is 1.26. The van der Waals surface area contributed by atoms with Crippen LogP contribution in [-0.2, 0) is 6.18 Å². The maximum Gasteiger partial charge on any atom is 0.433 e. The minimum Gasteiger partial charge on any atom is -0.357 e. The molecular weight excluding hydrogens is 300 g/mol. The summed E-state index contributed by atoms with van der Waals surface area (Å²) in [6.07, 6.45) is -4.79. The van der Waals surface area contributed by atoms with Gasteiger partial charge in [0.1, 0.15) is 0 Å². The van der Waals surface area contributed by atoms with Gasteiger partial charge in [0, 0.05) is 12.6 Å². The number of alkyl halides is 3. The van der Waals surface area contributed by atoms with Gasteiger partial charge in [-0.2, -0.15) is 13.2 Å². The molecule has 0 saturated heterocycles. The van der Waals surface area contributed by atoms with Gasteiger partial charge in [0.15, 0.2) is 23.1 Å². The maximum atomic E-state index is 13.6. The quantitative estimate of drug-likeness (QED) is 0.680. The summed E-state index contributed by atoms with van der Waals surface area (Å²) in [6, 6.07) is 1.86. The van der Waals surface area contributed by atoms with Crippen LogP contribution in [0.25, 0.3) is 11.3 Å². The number of rotatable bonds is 2. The van der Waals surface area contributed by atoms with Crippen LogP contribution in [0.1, 0.15) is 5.69 Å². The number of nitrogens with zero attached hydrogens (tertiary/aromatic N) is 2. The summed E-state index contributed by atoms with van der Waals surface area (Å²) in [5.41, 5.74) is -2.45. The summed E-state index contributed by atoms with van der Waals surface area (Å²) < 4.78 is 77.7. The van der Waals surface area contributed by atoms with E-state index in [9.17, 15) is 26.3 Å². The second kappa shape index (κ2) is 5.23. The van der Waals surface area contributed by atoms with Gasteiger partial charge in [-0.05, 0) is 18.2 Å². The fraction of sp³-hybridized carbons (Fsp3) is 0.167. The van der Waals surface area contributed by atoms with Crippen LogP contribution in [0.5, 0.6) is 0 Å². The van der Waals surface area contributed by atoms with Crippen molar-refractivity contribution in [1.82, 2.24) is 9.97 Å². The molecule has 0 unspecified atom stereocenters. The van der Waals surface area contributed by atoms with E-state index in [2.05, 4.69) is 15.3 Å². The van der Waals surface area contributed by atoms with Crippen molar-refractivity contribution in [2.45, 2.75) is 6.18 Å². The number of halogens is 6. The number of anilines is 1. The molecule has 0 amide bonds. The zero-order chi connectivity index (χ0) is 15.8. The van der Waals surface area contributed by atoms with Crippen molar-refractivity contribution in [3.05, 3.63) is 41.3 Å². The SMILES string of the molecule is CNc1nc(-c2ccc(F)c(F)c2F)cc(C(F)(F)F)n1. The lowest BCUT2D eigenvalue weighted by Crippen LogP contribution is -2.11. The van der Waals surface area contributed by atoms with E-state index in [1.165, 1.54) is 7.05 Å². The summed E-state index contributed by atoms with van der Waals surface area (Å²) in [5.74, 6) is -5.28. The van der Waals surface area contributed by atoms with E-state index in [0.717, 1.165) is 6.07 Å². The first-order chi connectivity index (χ1) is 9.74. The summed E-state index contributed by atoms with van der Waals surface area (Å²) in [5, 5.41) is 2.28. The summed E-state index contributed by atoms with van der Waals surface area (Å²) in [6.45, 7) is 0. The second-order valence-corrected chi connectivity index (χ2v) is 3.93. The Morgan fingerprint density at radius 2 is 1.67 bits per heavy atom. The lowest BCUT2D eigenvalue weighted by atomic mass is 10.1. The second-order valence-electron chi connectivity index (χ2n) is 3.93. The Labute approximate surface area is 114 Å². The molecule has 21 heavy (non-hydrogen) atoms. The van der Waals surface area contributed by atoms with Crippen molar-refractivity contribution in [2.75, 3.05) is 12.4 Å². The maximum absolute atomic E-state index is 13.6. The summed E-state index contributed by atoms with van der Waals surface area (Å²) >= 11 is 0. The lowest BCUT2D eigenvalue weighted by Gasteiger charge is -2.11. The Bertz CT molecular complexity index is 683. The number of aromatic nitrogens is 2. The van der Waals surface area contributed by atoms with E-state index in [1.54, 1.807) is 0 Å². The number of hydrogen-bond acceptors (Lipinski definition) is 3. The van der Waals surface area contributed by atoms with Crippen LogP contribution in [0, 0.1) is 17.5 Å². The standard InChI is InChI=1S/C12H7F6N3/c1-19-11-20-7(4-8(21-11)12(16,17)18)5-2-3-6(13)10(15)9(5)14/h2-4H,1H3,(H,19,20,21). The zero-order valence-electron chi connectivity index (χ0n) is 10.4. The largest absolute Gasteiger partial charge is 0.433 e. The number of hydrogen-bond donors (Lipinski definition) is 1. The highest BCUT2D eigenvalue weighted by molar-refractivity contribution is 5.62. The van der Waals surface area contributed by atoms with Crippen LogP contribution in [0.3, 0.4) is 0 Å². The molecule has 0 aliphatic rings. The molecule has 0 saturated carbocycles. The smallest absolute Gasteiger partial charge is 0.357 e. The van der Waals surface area contributed by atoms with Crippen molar-refractivity contribution in [2.24, 2.45) is 0 Å². The topological polar surface area (TPSA) is 37.8 Å². The molecular formula is C12H7F6N3. The molecule has 0 atom stereocenters. The van der Waals surface area contributed by atoms with Gasteiger partial charge in [-0.25, -0.2) is 23.1 Å². The summed E-state index contributed by atoms with van der Waals surface area (Å²) in [4.78, 5) is 6.80. The molecule has 0 radical (unpaired) electrons. The molecule has 2 rings (SSSR count).